The first-order valence-electron chi connectivity index (χ1n) is 7.84. The number of hydrogen-bond acceptors (Lipinski definition) is 3. The summed E-state index contributed by atoms with van der Waals surface area (Å²) in [6, 6.07) is 7.96. The largest absolute Gasteiger partial charge is 0.464 e. The molecule has 116 valence electrons. The highest BCUT2D eigenvalue weighted by Gasteiger charge is 2.47. The van der Waals surface area contributed by atoms with Crippen LogP contribution in [0.1, 0.15) is 46.0 Å². The Balaban J connectivity index is 2.35. The standard InChI is InChI=1S/C17H24BrNO2/c1-3-13-9-7-8-12-17(13,16(20)21-4-2)19-15-11-6-5-10-14(15)18/h5-6,10-11,13,19H,3-4,7-9,12H2,1-2H3. The van der Waals surface area contributed by atoms with E-state index >= 15 is 0 Å². The maximum absolute atomic E-state index is 12.7. The lowest BCUT2D eigenvalue weighted by Crippen LogP contribution is -2.55. The molecule has 0 amide bonds. The summed E-state index contributed by atoms with van der Waals surface area (Å²) in [5.74, 6) is 0.213. The van der Waals surface area contributed by atoms with Gasteiger partial charge in [-0.3, -0.25) is 0 Å². The molecule has 0 heterocycles. The Kier molecular flexibility index (Phi) is 5.68. The third kappa shape index (κ3) is 3.42. The fourth-order valence-electron chi connectivity index (χ4n) is 3.34. The fourth-order valence-corrected chi connectivity index (χ4v) is 3.73. The van der Waals surface area contributed by atoms with Crippen LogP contribution in [0.25, 0.3) is 0 Å². The van der Waals surface area contributed by atoms with Crippen molar-refractivity contribution in [1.29, 1.82) is 0 Å². The number of nitrogens with one attached hydrogen (secondary N) is 1. The second kappa shape index (κ2) is 7.30. The molecule has 0 spiro atoms. The fraction of sp³-hybridized carbons (Fsp3) is 0.588. The van der Waals surface area contributed by atoms with E-state index < -0.39 is 5.54 Å². The van der Waals surface area contributed by atoms with Gasteiger partial charge in [0.25, 0.3) is 0 Å². The summed E-state index contributed by atoms with van der Waals surface area (Å²) in [5, 5.41) is 3.53. The molecule has 2 rings (SSSR count). The summed E-state index contributed by atoms with van der Waals surface area (Å²) in [6.07, 6.45) is 5.15. The zero-order valence-electron chi connectivity index (χ0n) is 12.8. The molecule has 1 N–H and O–H groups in total. The van der Waals surface area contributed by atoms with Gasteiger partial charge >= 0.3 is 5.97 Å². The number of carbonyl (C=O) groups is 1. The first kappa shape index (κ1) is 16.3. The maximum Gasteiger partial charge on any atom is 0.332 e. The molecule has 1 aliphatic rings. The molecule has 3 nitrogen and oxygen atoms in total. The van der Waals surface area contributed by atoms with E-state index in [1.165, 1.54) is 6.42 Å². The van der Waals surface area contributed by atoms with Crippen molar-refractivity contribution in [3.05, 3.63) is 28.7 Å². The molecule has 0 aromatic heterocycles. The van der Waals surface area contributed by atoms with Crippen LogP contribution in [0.4, 0.5) is 5.69 Å². The topological polar surface area (TPSA) is 38.3 Å². The highest BCUT2D eigenvalue weighted by atomic mass is 79.9. The van der Waals surface area contributed by atoms with Crippen LogP contribution in [-0.2, 0) is 9.53 Å². The molecule has 0 saturated heterocycles. The Morgan fingerprint density at radius 1 is 1.38 bits per heavy atom. The quantitative estimate of drug-likeness (QED) is 0.775. The van der Waals surface area contributed by atoms with E-state index in [0.29, 0.717) is 12.5 Å². The summed E-state index contributed by atoms with van der Waals surface area (Å²) in [4.78, 5) is 12.7. The van der Waals surface area contributed by atoms with Gasteiger partial charge in [0.15, 0.2) is 0 Å². The molecule has 0 aliphatic heterocycles. The minimum Gasteiger partial charge on any atom is -0.464 e. The Bertz CT molecular complexity index is 491. The SMILES string of the molecule is CCOC(=O)C1(Nc2ccccc2Br)CCCCC1CC. The van der Waals surface area contributed by atoms with Crippen molar-refractivity contribution in [2.24, 2.45) is 5.92 Å². The van der Waals surface area contributed by atoms with Gasteiger partial charge in [-0.1, -0.05) is 38.3 Å². The molecule has 1 aromatic rings. The predicted molar refractivity (Wildman–Crippen MR) is 89.4 cm³/mol. The molecule has 4 heteroatoms. The van der Waals surface area contributed by atoms with Crippen molar-refractivity contribution in [1.82, 2.24) is 0 Å². The van der Waals surface area contributed by atoms with Gasteiger partial charge < -0.3 is 10.1 Å². The third-order valence-corrected chi connectivity index (χ3v) is 5.13. The van der Waals surface area contributed by atoms with E-state index in [1.54, 1.807) is 0 Å². The third-order valence-electron chi connectivity index (χ3n) is 4.43. The van der Waals surface area contributed by atoms with Crippen molar-refractivity contribution >= 4 is 27.6 Å². The van der Waals surface area contributed by atoms with Crippen LogP contribution >= 0.6 is 15.9 Å². The number of rotatable bonds is 5. The number of ether oxygens (including phenoxy) is 1. The molecule has 0 bridgehead atoms. The van der Waals surface area contributed by atoms with Gasteiger partial charge in [0.2, 0.25) is 0 Å². The second-order valence-electron chi connectivity index (χ2n) is 5.65. The Labute approximate surface area is 135 Å². The lowest BCUT2D eigenvalue weighted by molar-refractivity contribution is -0.152. The number of hydrogen-bond donors (Lipinski definition) is 1. The molecule has 21 heavy (non-hydrogen) atoms. The lowest BCUT2D eigenvalue weighted by atomic mass is 9.71. The number of halogens is 1. The molecule has 0 radical (unpaired) electrons. The number of benzene rings is 1. The molecular weight excluding hydrogens is 330 g/mol. The van der Waals surface area contributed by atoms with Crippen molar-refractivity contribution in [3.63, 3.8) is 0 Å². The van der Waals surface area contributed by atoms with Gasteiger partial charge in [0.1, 0.15) is 5.54 Å². The van der Waals surface area contributed by atoms with Crippen LogP contribution in [0.15, 0.2) is 28.7 Å². The van der Waals surface area contributed by atoms with E-state index in [9.17, 15) is 4.79 Å². The molecule has 2 unspecified atom stereocenters. The lowest BCUT2D eigenvalue weighted by Gasteiger charge is -2.43. The van der Waals surface area contributed by atoms with Crippen molar-refractivity contribution in [2.45, 2.75) is 51.5 Å². The Morgan fingerprint density at radius 2 is 2.14 bits per heavy atom. The number of anilines is 1. The molecule has 1 fully saturated rings. The zero-order valence-corrected chi connectivity index (χ0v) is 14.4. The normalized spacial score (nSPS) is 25.4. The van der Waals surface area contributed by atoms with E-state index in [1.807, 2.05) is 31.2 Å². The van der Waals surface area contributed by atoms with Crippen molar-refractivity contribution in [3.8, 4) is 0 Å². The smallest absolute Gasteiger partial charge is 0.332 e. The molecular formula is C17H24BrNO2. The summed E-state index contributed by atoms with van der Waals surface area (Å²) >= 11 is 3.56. The second-order valence-corrected chi connectivity index (χ2v) is 6.50. The Morgan fingerprint density at radius 3 is 2.81 bits per heavy atom. The van der Waals surface area contributed by atoms with Crippen LogP contribution in [0, 0.1) is 5.92 Å². The number of carbonyl (C=O) groups excluding carboxylic acids is 1. The monoisotopic (exact) mass is 353 g/mol. The van der Waals surface area contributed by atoms with Crippen LogP contribution < -0.4 is 5.32 Å². The summed E-state index contributed by atoms with van der Waals surface area (Å²) in [6.45, 7) is 4.45. The van der Waals surface area contributed by atoms with Crippen LogP contribution in [0.3, 0.4) is 0 Å². The number of para-hydroxylation sites is 1. The predicted octanol–water partition coefficient (Wildman–Crippen LogP) is 4.76. The summed E-state index contributed by atoms with van der Waals surface area (Å²) in [5.41, 5.74) is 0.373. The molecule has 1 aromatic carbocycles. The van der Waals surface area contributed by atoms with Crippen LogP contribution in [0.5, 0.6) is 0 Å². The van der Waals surface area contributed by atoms with Crippen molar-refractivity contribution in [2.75, 3.05) is 11.9 Å². The highest BCUT2D eigenvalue weighted by molar-refractivity contribution is 9.10. The maximum atomic E-state index is 12.7. The minimum atomic E-state index is -0.590. The average Bonchev–Trinajstić information content (AvgIpc) is 2.50. The first-order chi connectivity index (χ1) is 10.1. The van der Waals surface area contributed by atoms with E-state index in [4.69, 9.17) is 4.74 Å². The van der Waals surface area contributed by atoms with Gasteiger partial charge in [-0.05, 0) is 53.7 Å². The van der Waals surface area contributed by atoms with Gasteiger partial charge in [0.05, 0.1) is 6.61 Å². The molecule has 1 aliphatic carbocycles. The van der Waals surface area contributed by atoms with E-state index in [-0.39, 0.29) is 5.97 Å². The first-order valence-corrected chi connectivity index (χ1v) is 8.63. The van der Waals surface area contributed by atoms with Gasteiger partial charge in [-0.15, -0.1) is 0 Å². The minimum absolute atomic E-state index is 0.104. The molecule has 2 atom stereocenters. The Hall–Kier alpha value is -1.03. The highest BCUT2D eigenvalue weighted by Crippen LogP contribution is 2.40. The van der Waals surface area contributed by atoms with Crippen LogP contribution in [-0.4, -0.2) is 18.1 Å². The summed E-state index contributed by atoms with van der Waals surface area (Å²) < 4.78 is 6.39. The average molecular weight is 354 g/mol. The zero-order chi connectivity index (χ0) is 15.3. The van der Waals surface area contributed by atoms with E-state index in [0.717, 1.165) is 35.8 Å². The van der Waals surface area contributed by atoms with E-state index in [2.05, 4.69) is 28.2 Å². The van der Waals surface area contributed by atoms with Gasteiger partial charge in [-0.2, -0.15) is 0 Å². The van der Waals surface area contributed by atoms with Crippen LogP contribution in [0.2, 0.25) is 0 Å². The van der Waals surface area contributed by atoms with Gasteiger partial charge in [-0.25, -0.2) is 4.79 Å². The number of esters is 1. The summed E-state index contributed by atoms with van der Waals surface area (Å²) in [7, 11) is 0. The van der Waals surface area contributed by atoms with Crippen molar-refractivity contribution < 1.29 is 9.53 Å². The molecule has 1 saturated carbocycles. The van der Waals surface area contributed by atoms with Gasteiger partial charge in [0, 0.05) is 10.2 Å².